The lowest BCUT2D eigenvalue weighted by molar-refractivity contribution is 0.0439. The minimum absolute atomic E-state index is 0.106. The zero-order valence-corrected chi connectivity index (χ0v) is 11.2. The van der Waals surface area contributed by atoms with Crippen LogP contribution in [0, 0.1) is 11.7 Å². The van der Waals surface area contributed by atoms with E-state index in [4.69, 9.17) is 22.1 Å². The normalized spacial score (nSPS) is 15.0. The van der Waals surface area contributed by atoms with Crippen molar-refractivity contribution in [1.82, 2.24) is 0 Å². The zero-order chi connectivity index (χ0) is 13.0. The Bertz CT molecular complexity index is 350. The number of ether oxygens (including phenoxy) is 1. The number of hydrogen-bond acceptors (Lipinski definition) is 2. The van der Waals surface area contributed by atoms with Gasteiger partial charge in [0.2, 0.25) is 0 Å². The molecule has 0 amide bonds. The third kappa shape index (κ3) is 3.66. The molecule has 2 unspecified atom stereocenters. The van der Waals surface area contributed by atoms with E-state index >= 15 is 0 Å². The number of methoxy groups -OCH3 is 1. The number of nitrogens with two attached hydrogens (primary N) is 1. The van der Waals surface area contributed by atoms with Crippen molar-refractivity contribution in [3.8, 4) is 0 Å². The summed E-state index contributed by atoms with van der Waals surface area (Å²) in [4.78, 5) is 0. The van der Waals surface area contributed by atoms with Gasteiger partial charge in [0, 0.05) is 23.7 Å². The van der Waals surface area contributed by atoms with Crippen LogP contribution in [0.25, 0.3) is 0 Å². The largest absolute Gasteiger partial charge is 0.380 e. The van der Waals surface area contributed by atoms with Crippen LogP contribution in [0.15, 0.2) is 18.2 Å². The van der Waals surface area contributed by atoms with Crippen molar-refractivity contribution >= 4 is 11.6 Å². The Kier molecular flexibility index (Phi) is 5.37. The van der Waals surface area contributed by atoms with Crippen molar-refractivity contribution in [3.05, 3.63) is 34.6 Å². The highest BCUT2D eigenvalue weighted by molar-refractivity contribution is 6.31. The van der Waals surface area contributed by atoms with E-state index in [-0.39, 0.29) is 23.9 Å². The smallest absolute Gasteiger partial charge is 0.127 e. The Morgan fingerprint density at radius 2 is 2.06 bits per heavy atom. The van der Waals surface area contributed by atoms with Crippen LogP contribution < -0.4 is 5.73 Å². The lowest BCUT2D eigenvalue weighted by Crippen LogP contribution is -2.41. The predicted octanol–water partition coefficient (Wildman–Crippen LogP) is 3.02. The van der Waals surface area contributed by atoms with E-state index in [1.807, 2.05) is 13.8 Å². The molecule has 1 aromatic carbocycles. The molecule has 1 rings (SSSR count). The third-order valence-corrected chi connectivity index (χ3v) is 3.21. The molecule has 0 radical (unpaired) electrons. The highest BCUT2D eigenvalue weighted by Gasteiger charge is 2.23. The zero-order valence-electron chi connectivity index (χ0n) is 10.4. The fraction of sp³-hybridized carbons (Fsp3) is 0.538. The summed E-state index contributed by atoms with van der Waals surface area (Å²) in [7, 11) is 1.62. The van der Waals surface area contributed by atoms with Gasteiger partial charge in [-0.15, -0.1) is 0 Å². The minimum Gasteiger partial charge on any atom is -0.380 e. The van der Waals surface area contributed by atoms with E-state index in [1.165, 1.54) is 6.07 Å². The Labute approximate surface area is 107 Å². The van der Waals surface area contributed by atoms with Crippen LogP contribution in [0.3, 0.4) is 0 Å². The van der Waals surface area contributed by atoms with Gasteiger partial charge in [-0.2, -0.15) is 0 Å². The van der Waals surface area contributed by atoms with Crippen LogP contribution in [-0.2, 0) is 11.2 Å². The summed E-state index contributed by atoms with van der Waals surface area (Å²) in [5.41, 5.74) is 6.51. The fourth-order valence-electron chi connectivity index (χ4n) is 2.02. The molecule has 2 nitrogen and oxygen atoms in total. The maximum Gasteiger partial charge on any atom is 0.127 e. The van der Waals surface area contributed by atoms with Crippen molar-refractivity contribution in [2.75, 3.05) is 7.11 Å². The standard InChI is InChI=1S/C13H19ClFNO/c1-8(2)13(17-3)12(16)7-9-10(14)5-4-6-11(9)15/h4-6,8,12-13H,7,16H2,1-3H3. The number of hydrogen-bond donors (Lipinski definition) is 1. The first-order valence-electron chi connectivity index (χ1n) is 5.68. The fourth-order valence-corrected chi connectivity index (χ4v) is 2.26. The predicted molar refractivity (Wildman–Crippen MR) is 68.7 cm³/mol. The van der Waals surface area contributed by atoms with Crippen molar-refractivity contribution in [3.63, 3.8) is 0 Å². The van der Waals surface area contributed by atoms with E-state index in [0.717, 1.165) is 0 Å². The molecule has 0 aliphatic heterocycles. The molecule has 0 aliphatic carbocycles. The summed E-state index contributed by atoms with van der Waals surface area (Å²) in [5, 5.41) is 0.416. The van der Waals surface area contributed by atoms with Crippen LogP contribution in [0.4, 0.5) is 4.39 Å². The molecule has 0 saturated heterocycles. The first-order valence-corrected chi connectivity index (χ1v) is 6.06. The van der Waals surface area contributed by atoms with E-state index in [9.17, 15) is 4.39 Å². The molecule has 0 heterocycles. The first-order chi connectivity index (χ1) is 7.97. The van der Waals surface area contributed by atoms with Gasteiger partial charge in [0.1, 0.15) is 5.82 Å². The lowest BCUT2D eigenvalue weighted by atomic mass is 9.94. The van der Waals surface area contributed by atoms with Gasteiger partial charge in [-0.25, -0.2) is 4.39 Å². The molecule has 96 valence electrons. The third-order valence-electron chi connectivity index (χ3n) is 2.85. The molecule has 0 spiro atoms. The molecule has 0 aliphatic rings. The quantitative estimate of drug-likeness (QED) is 0.882. The molecular formula is C13H19ClFNO. The SMILES string of the molecule is COC(C(C)C)C(N)Cc1c(F)cccc1Cl. The van der Waals surface area contributed by atoms with Crippen LogP contribution in [0.5, 0.6) is 0 Å². The van der Waals surface area contributed by atoms with Crippen LogP contribution in [0.2, 0.25) is 5.02 Å². The second-order valence-electron chi connectivity index (χ2n) is 4.51. The minimum atomic E-state index is -0.313. The second kappa shape index (κ2) is 6.34. The maximum absolute atomic E-state index is 13.6. The Balaban J connectivity index is 2.83. The first kappa shape index (κ1) is 14.4. The van der Waals surface area contributed by atoms with Gasteiger partial charge in [0.15, 0.2) is 0 Å². The van der Waals surface area contributed by atoms with Gasteiger partial charge in [-0.3, -0.25) is 0 Å². The van der Waals surface area contributed by atoms with Gasteiger partial charge >= 0.3 is 0 Å². The summed E-state index contributed by atoms with van der Waals surface area (Å²) >= 11 is 5.96. The van der Waals surface area contributed by atoms with Gasteiger partial charge in [0.05, 0.1) is 6.10 Å². The van der Waals surface area contributed by atoms with Gasteiger partial charge in [-0.05, 0) is 24.5 Å². The van der Waals surface area contributed by atoms with Crippen molar-refractivity contribution in [2.24, 2.45) is 11.7 Å². The highest BCUT2D eigenvalue weighted by atomic mass is 35.5. The van der Waals surface area contributed by atoms with Crippen molar-refractivity contribution < 1.29 is 9.13 Å². The van der Waals surface area contributed by atoms with Crippen LogP contribution >= 0.6 is 11.6 Å². The van der Waals surface area contributed by atoms with E-state index in [0.29, 0.717) is 17.0 Å². The molecule has 2 N–H and O–H groups in total. The van der Waals surface area contributed by atoms with E-state index in [1.54, 1.807) is 19.2 Å². The number of benzene rings is 1. The van der Waals surface area contributed by atoms with Crippen molar-refractivity contribution in [1.29, 1.82) is 0 Å². The summed E-state index contributed by atoms with van der Waals surface area (Å²) in [6, 6.07) is 4.38. The molecular weight excluding hydrogens is 241 g/mol. The average Bonchev–Trinajstić information content (AvgIpc) is 2.24. The second-order valence-corrected chi connectivity index (χ2v) is 4.92. The Morgan fingerprint density at radius 3 is 2.53 bits per heavy atom. The highest BCUT2D eigenvalue weighted by Crippen LogP contribution is 2.22. The molecule has 4 heteroatoms. The topological polar surface area (TPSA) is 35.2 Å². The number of halogens is 2. The molecule has 0 saturated carbocycles. The van der Waals surface area contributed by atoms with E-state index in [2.05, 4.69) is 0 Å². The van der Waals surface area contributed by atoms with Crippen LogP contribution in [0.1, 0.15) is 19.4 Å². The molecule has 0 aromatic heterocycles. The lowest BCUT2D eigenvalue weighted by Gasteiger charge is -2.26. The van der Waals surface area contributed by atoms with Gasteiger partial charge < -0.3 is 10.5 Å². The molecule has 0 bridgehead atoms. The summed E-state index contributed by atoms with van der Waals surface area (Å²) < 4.78 is 18.9. The monoisotopic (exact) mass is 259 g/mol. The summed E-state index contributed by atoms with van der Waals surface area (Å²) in [6.07, 6.45) is 0.271. The van der Waals surface area contributed by atoms with Gasteiger partial charge in [0.25, 0.3) is 0 Å². The van der Waals surface area contributed by atoms with Gasteiger partial charge in [-0.1, -0.05) is 31.5 Å². The Morgan fingerprint density at radius 1 is 1.41 bits per heavy atom. The summed E-state index contributed by atoms with van der Waals surface area (Å²) in [5.74, 6) is -0.0351. The number of rotatable bonds is 5. The molecule has 0 fully saturated rings. The molecule has 2 atom stereocenters. The summed E-state index contributed by atoms with van der Waals surface area (Å²) in [6.45, 7) is 4.05. The van der Waals surface area contributed by atoms with E-state index < -0.39 is 0 Å². The average molecular weight is 260 g/mol. The molecule has 17 heavy (non-hydrogen) atoms. The Hall–Kier alpha value is -0.640. The van der Waals surface area contributed by atoms with Crippen molar-refractivity contribution in [2.45, 2.75) is 32.4 Å². The molecule has 1 aromatic rings. The maximum atomic E-state index is 13.6. The van der Waals surface area contributed by atoms with Crippen LogP contribution in [-0.4, -0.2) is 19.3 Å².